The second kappa shape index (κ2) is 12.8. The third-order valence-corrected chi connectivity index (χ3v) is 7.93. The Hall–Kier alpha value is -0.820. The van der Waals surface area contributed by atoms with Crippen molar-refractivity contribution in [3.8, 4) is 0 Å². The first-order chi connectivity index (χ1) is 13.3. The molecule has 0 fully saturated rings. The summed E-state index contributed by atoms with van der Waals surface area (Å²) in [5.74, 6) is 0. The van der Waals surface area contributed by atoms with E-state index in [1.54, 1.807) is 20.8 Å². The van der Waals surface area contributed by atoms with Crippen molar-refractivity contribution in [1.29, 1.82) is 0 Å². The van der Waals surface area contributed by atoms with Gasteiger partial charge in [-0.05, 0) is 40.0 Å². The molecule has 0 bridgehead atoms. The standard InChI is InChI=1S/C15H27O10PS3/c1-7-13(10(4)27(17)18)23-26(16,24-14(8-2)11(5)28(19)20)25-15(9-3)12(6)29(21)22/h13-15H,7-9H2,1-6H3. The summed E-state index contributed by atoms with van der Waals surface area (Å²) in [5.41, 5.74) is 0. The minimum absolute atomic E-state index is 0.0937. The predicted molar refractivity (Wildman–Crippen MR) is 112 cm³/mol. The van der Waals surface area contributed by atoms with E-state index in [4.69, 9.17) is 13.6 Å². The molecule has 0 N–H and O–H groups in total. The molecule has 0 spiro atoms. The molecule has 0 aliphatic rings. The van der Waals surface area contributed by atoms with Crippen LogP contribution in [0, 0.1) is 0 Å². The van der Waals surface area contributed by atoms with Gasteiger partial charge in [0.1, 0.15) is 18.3 Å². The first kappa shape index (κ1) is 28.2. The van der Waals surface area contributed by atoms with Crippen LogP contribution in [0.2, 0.25) is 0 Å². The fourth-order valence-corrected chi connectivity index (χ4v) is 5.68. The van der Waals surface area contributed by atoms with Gasteiger partial charge in [0.2, 0.25) is 30.9 Å². The molecule has 0 aromatic rings. The van der Waals surface area contributed by atoms with Crippen molar-refractivity contribution in [2.24, 2.45) is 0 Å². The number of phosphoric acid groups is 1. The van der Waals surface area contributed by atoms with Crippen LogP contribution in [0.3, 0.4) is 0 Å². The third kappa shape index (κ3) is 8.83. The average Bonchev–Trinajstić information content (AvgIpc) is 2.66. The maximum absolute atomic E-state index is 13.4. The largest absolute Gasteiger partial charge is 0.476 e. The number of hydrogen-bond acceptors (Lipinski definition) is 10. The zero-order valence-electron chi connectivity index (χ0n) is 17.1. The number of hydrogen-bond donors (Lipinski definition) is 0. The van der Waals surface area contributed by atoms with Crippen molar-refractivity contribution in [2.75, 3.05) is 0 Å². The van der Waals surface area contributed by atoms with Crippen LogP contribution in [0.5, 0.6) is 0 Å². The van der Waals surface area contributed by atoms with Crippen molar-refractivity contribution < 1.29 is 43.4 Å². The second-order valence-electron chi connectivity index (χ2n) is 5.99. The van der Waals surface area contributed by atoms with Gasteiger partial charge in [-0.25, -0.2) is 4.57 Å². The molecule has 0 aromatic heterocycles. The van der Waals surface area contributed by atoms with E-state index in [2.05, 4.69) is 0 Å². The van der Waals surface area contributed by atoms with E-state index in [-0.39, 0.29) is 33.9 Å². The predicted octanol–water partition coefficient (Wildman–Crippen LogP) is 1.69. The Morgan fingerprint density at radius 1 is 0.621 bits per heavy atom. The molecule has 0 saturated heterocycles. The van der Waals surface area contributed by atoms with Gasteiger partial charge in [-0.1, -0.05) is 20.8 Å². The lowest BCUT2D eigenvalue weighted by molar-refractivity contribution is 0.0738. The van der Waals surface area contributed by atoms with Gasteiger partial charge in [-0.15, -0.1) is 0 Å². The fourth-order valence-electron chi connectivity index (χ4n) is 2.17. The van der Waals surface area contributed by atoms with Gasteiger partial charge >= 0.3 is 7.82 Å². The van der Waals surface area contributed by atoms with Crippen molar-refractivity contribution in [3.05, 3.63) is 0 Å². The molecule has 0 radical (unpaired) electrons. The van der Waals surface area contributed by atoms with Crippen molar-refractivity contribution >= 4 is 53.3 Å². The maximum Gasteiger partial charge on any atom is 0.476 e. The van der Waals surface area contributed by atoms with Gasteiger partial charge < -0.3 is 0 Å². The number of rotatable bonds is 12. The molecule has 14 heteroatoms. The first-order valence-corrected chi connectivity index (χ1v) is 13.4. The highest BCUT2D eigenvalue weighted by Crippen LogP contribution is 2.54. The van der Waals surface area contributed by atoms with E-state index in [1.807, 2.05) is 0 Å². The molecule has 0 amide bonds. The monoisotopic (exact) mass is 494 g/mol. The highest BCUT2D eigenvalue weighted by Gasteiger charge is 2.38. The molecule has 0 aliphatic carbocycles. The van der Waals surface area contributed by atoms with Crippen molar-refractivity contribution in [3.63, 3.8) is 0 Å². The third-order valence-electron chi connectivity index (χ3n) is 4.03. The Bertz CT molecular complexity index is 881. The summed E-state index contributed by atoms with van der Waals surface area (Å²) in [5, 5.41) is 0. The van der Waals surface area contributed by atoms with Gasteiger partial charge in [0.15, 0.2) is 0 Å². The SMILES string of the molecule is CCC(OP(=O)(OC(CC)C(C)=S(=O)=O)OC(CC)C(C)=S(=O)=O)C(C)=S(=O)=O. The van der Waals surface area contributed by atoms with Crippen LogP contribution in [0.4, 0.5) is 0 Å². The van der Waals surface area contributed by atoms with Gasteiger partial charge in [-0.3, -0.25) is 13.6 Å². The van der Waals surface area contributed by atoms with Gasteiger partial charge in [0.05, 0.1) is 14.6 Å². The minimum Gasteiger partial charge on any atom is -0.278 e. The highest BCUT2D eigenvalue weighted by molar-refractivity contribution is 7.73. The fraction of sp³-hybridized carbons (Fsp3) is 0.800. The zero-order chi connectivity index (χ0) is 22.9. The van der Waals surface area contributed by atoms with Crippen LogP contribution in [-0.4, -0.2) is 58.2 Å². The smallest absolute Gasteiger partial charge is 0.278 e. The molecule has 3 unspecified atom stereocenters. The summed E-state index contributed by atoms with van der Waals surface area (Å²) in [7, 11) is -12.5. The van der Waals surface area contributed by atoms with Crippen molar-refractivity contribution in [1.82, 2.24) is 0 Å². The normalized spacial score (nSPS) is 16.2. The molecule has 10 nitrogen and oxygen atoms in total. The summed E-state index contributed by atoms with van der Waals surface area (Å²) < 4.78 is 97.2. The van der Waals surface area contributed by atoms with Crippen LogP contribution in [0.1, 0.15) is 60.8 Å². The van der Waals surface area contributed by atoms with Crippen molar-refractivity contribution in [2.45, 2.75) is 79.1 Å². The van der Waals surface area contributed by atoms with Gasteiger partial charge in [-0.2, -0.15) is 25.3 Å². The Morgan fingerprint density at radius 2 is 0.828 bits per heavy atom. The van der Waals surface area contributed by atoms with Crippen LogP contribution in [0.15, 0.2) is 0 Å². The Morgan fingerprint density at radius 3 is 0.966 bits per heavy atom. The summed E-state index contributed by atoms with van der Waals surface area (Å²) in [6.07, 6.45) is -3.25. The zero-order valence-corrected chi connectivity index (χ0v) is 20.5. The lowest BCUT2D eigenvalue weighted by Gasteiger charge is -2.28. The molecule has 0 heterocycles. The van der Waals surface area contributed by atoms with E-state index < -0.39 is 57.0 Å². The van der Waals surface area contributed by atoms with E-state index in [9.17, 15) is 29.8 Å². The molecule has 3 atom stereocenters. The van der Waals surface area contributed by atoms with Crippen LogP contribution in [0.25, 0.3) is 0 Å². The van der Waals surface area contributed by atoms with E-state index in [0.29, 0.717) is 0 Å². The van der Waals surface area contributed by atoms with Gasteiger partial charge in [0.25, 0.3) is 0 Å². The molecule has 0 aliphatic heterocycles. The Balaban J connectivity index is 6.36. The Kier molecular flexibility index (Phi) is 12.4. The molecule has 0 saturated carbocycles. The average molecular weight is 495 g/mol. The first-order valence-electron chi connectivity index (χ1n) is 8.76. The van der Waals surface area contributed by atoms with E-state index in [1.165, 1.54) is 20.8 Å². The molecule has 29 heavy (non-hydrogen) atoms. The molecule has 0 aromatic carbocycles. The summed E-state index contributed by atoms with van der Waals surface area (Å²) in [4.78, 5) is -0.494. The van der Waals surface area contributed by atoms with Crippen LogP contribution < -0.4 is 0 Å². The van der Waals surface area contributed by atoms with Gasteiger partial charge in [0, 0.05) is 0 Å². The quantitative estimate of drug-likeness (QED) is 0.290. The highest BCUT2D eigenvalue weighted by atomic mass is 32.2. The molecule has 0 rings (SSSR count). The second-order valence-corrected chi connectivity index (χ2v) is 10.9. The van der Waals surface area contributed by atoms with E-state index >= 15 is 0 Å². The summed E-state index contributed by atoms with van der Waals surface area (Å²) in [6, 6.07) is 0. The van der Waals surface area contributed by atoms with Crippen LogP contribution >= 0.6 is 7.82 Å². The van der Waals surface area contributed by atoms with Crippen LogP contribution in [-0.2, 0) is 49.0 Å². The lowest BCUT2D eigenvalue weighted by Crippen LogP contribution is -2.29. The molecular weight excluding hydrogens is 467 g/mol. The molecular formula is C15H27O10PS3. The Labute approximate surface area is 175 Å². The number of phosphoric ester groups is 1. The maximum atomic E-state index is 13.4. The topological polar surface area (TPSA) is 147 Å². The lowest BCUT2D eigenvalue weighted by atomic mass is 10.2. The molecule has 170 valence electrons. The summed E-state index contributed by atoms with van der Waals surface area (Å²) >= 11 is 0. The minimum atomic E-state index is -4.60. The summed E-state index contributed by atoms with van der Waals surface area (Å²) in [6.45, 7) is 8.50. The van der Waals surface area contributed by atoms with E-state index in [0.717, 1.165) is 0 Å².